The number of piperidine rings is 1. The number of hydrogen-bond acceptors (Lipinski definition) is 3. The summed E-state index contributed by atoms with van der Waals surface area (Å²) in [6.45, 7) is 4.72. The molecule has 2 saturated heterocycles. The van der Waals surface area contributed by atoms with Crippen molar-refractivity contribution in [2.45, 2.75) is 31.1 Å². The Bertz CT molecular complexity index is 645. The SMILES string of the molecule is Cc1ccc(F)cc1S(=O)(=O)N1CCC2(CCNCC2)C1.Cl. The van der Waals surface area contributed by atoms with Crippen molar-refractivity contribution < 1.29 is 12.8 Å². The molecule has 1 spiro atoms. The van der Waals surface area contributed by atoms with E-state index < -0.39 is 15.8 Å². The second-order valence-electron chi connectivity index (χ2n) is 6.25. The summed E-state index contributed by atoms with van der Waals surface area (Å²) in [6, 6.07) is 3.96. The van der Waals surface area contributed by atoms with Gasteiger partial charge in [0.15, 0.2) is 0 Å². The van der Waals surface area contributed by atoms with Gasteiger partial charge in [0.05, 0.1) is 4.90 Å². The molecule has 0 aliphatic carbocycles. The Morgan fingerprint density at radius 2 is 1.91 bits per heavy atom. The molecule has 0 aromatic heterocycles. The quantitative estimate of drug-likeness (QED) is 0.892. The molecular formula is C15H22ClFN2O2S. The van der Waals surface area contributed by atoms with Crippen molar-refractivity contribution in [3.8, 4) is 0 Å². The molecule has 1 N–H and O–H groups in total. The zero-order valence-electron chi connectivity index (χ0n) is 12.6. The van der Waals surface area contributed by atoms with Gasteiger partial charge < -0.3 is 5.32 Å². The monoisotopic (exact) mass is 348 g/mol. The van der Waals surface area contributed by atoms with Crippen LogP contribution < -0.4 is 5.32 Å². The molecule has 7 heteroatoms. The van der Waals surface area contributed by atoms with Gasteiger partial charge in [0.25, 0.3) is 0 Å². The summed E-state index contributed by atoms with van der Waals surface area (Å²) in [5.41, 5.74) is 0.710. The van der Waals surface area contributed by atoms with Crippen LogP contribution in [0.15, 0.2) is 23.1 Å². The number of sulfonamides is 1. The molecule has 2 heterocycles. The number of aryl methyl sites for hydroxylation is 1. The lowest BCUT2D eigenvalue weighted by Gasteiger charge is -2.33. The Hall–Kier alpha value is -0.690. The average molecular weight is 349 g/mol. The largest absolute Gasteiger partial charge is 0.317 e. The lowest BCUT2D eigenvalue weighted by atomic mass is 9.78. The molecule has 1 aromatic carbocycles. The Morgan fingerprint density at radius 1 is 1.23 bits per heavy atom. The van der Waals surface area contributed by atoms with Crippen LogP contribution in [0.2, 0.25) is 0 Å². The van der Waals surface area contributed by atoms with Crippen molar-refractivity contribution in [2.75, 3.05) is 26.2 Å². The first kappa shape index (κ1) is 17.7. The normalized spacial score (nSPS) is 21.7. The molecular weight excluding hydrogens is 327 g/mol. The summed E-state index contributed by atoms with van der Waals surface area (Å²) in [5, 5.41) is 3.32. The van der Waals surface area contributed by atoms with Crippen LogP contribution in [0.1, 0.15) is 24.8 Å². The van der Waals surface area contributed by atoms with Crippen LogP contribution in [-0.4, -0.2) is 38.9 Å². The van der Waals surface area contributed by atoms with E-state index in [1.54, 1.807) is 11.2 Å². The second-order valence-corrected chi connectivity index (χ2v) is 8.15. The molecule has 124 valence electrons. The van der Waals surface area contributed by atoms with Crippen LogP contribution in [0.3, 0.4) is 0 Å². The lowest BCUT2D eigenvalue weighted by molar-refractivity contribution is 0.218. The van der Waals surface area contributed by atoms with E-state index in [-0.39, 0.29) is 22.7 Å². The minimum Gasteiger partial charge on any atom is -0.317 e. The van der Waals surface area contributed by atoms with Crippen LogP contribution in [0.4, 0.5) is 4.39 Å². The van der Waals surface area contributed by atoms with E-state index in [0.29, 0.717) is 18.7 Å². The van der Waals surface area contributed by atoms with Gasteiger partial charge in [0.1, 0.15) is 5.82 Å². The molecule has 3 rings (SSSR count). The van der Waals surface area contributed by atoms with Crippen LogP contribution >= 0.6 is 12.4 Å². The molecule has 0 amide bonds. The summed E-state index contributed by atoms with van der Waals surface area (Å²) in [7, 11) is -3.59. The average Bonchev–Trinajstić information content (AvgIpc) is 2.87. The van der Waals surface area contributed by atoms with Crippen LogP contribution in [0.5, 0.6) is 0 Å². The topological polar surface area (TPSA) is 49.4 Å². The summed E-state index contributed by atoms with van der Waals surface area (Å²) < 4.78 is 40.5. The zero-order valence-corrected chi connectivity index (χ0v) is 14.3. The van der Waals surface area contributed by atoms with Crippen LogP contribution in [0, 0.1) is 18.2 Å². The maximum absolute atomic E-state index is 13.4. The first-order valence-corrected chi connectivity index (χ1v) is 8.84. The minimum absolute atomic E-state index is 0. The van der Waals surface area contributed by atoms with Crippen LogP contribution in [-0.2, 0) is 10.0 Å². The number of nitrogens with zero attached hydrogens (tertiary/aromatic N) is 1. The number of halogens is 2. The molecule has 1 aromatic rings. The fourth-order valence-electron chi connectivity index (χ4n) is 3.46. The Balaban J connectivity index is 0.00000176. The first-order valence-electron chi connectivity index (χ1n) is 7.40. The first-order chi connectivity index (χ1) is 9.93. The highest BCUT2D eigenvalue weighted by Crippen LogP contribution is 2.40. The lowest BCUT2D eigenvalue weighted by Crippen LogP contribution is -2.39. The molecule has 2 aliphatic rings. The minimum atomic E-state index is -3.59. The highest BCUT2D eigenvalue weighted by atomic mass is 35.5. The molecule has 0 unspecified atom stereocenters. The van der Waals surface area contributed by atoms with E-state index in [9.17, 15) is 12.8 Å². The van der Waals surface area contributed by atoms with Gasteiger partial charge in [-0.1, -0.05) is 6.07 Å². The summed E-state index contributed by atoms with van der Waals surface area (Å²) >= 11 is 0. The van der Waals surface area contributed by atoms with E-state index in [1.807, 2.05) is 0 Å². The van der Waals surface area contributed by atoms with Crippen molar-refractivity contribution in [3.63, 3.8) is 0 Å². The predicted molar refractivity (Wildman–Crippen MR) is 86.3 cm³/mol. The second kappa shape index (κ2) is 6.43. The highest BCUT2D eigenvalue weighted by molar-refractivity contribution is 7.89. The van der Waals surface area contributed by atoms with Gasteiger partial charge in [-0.25, -0.2) is 12.8 Å². The Morgan fingerprint density at radius 3 is 2.59 bits per heavy atom. The zero-order chi connectivity index (χ0) is 15.1. The molecule has 0 atom stereocenters. The number of benzene rings is 1. The van der Waals surface area contributed by atoms with Gasteiger partial charge in [0.2, 0.25) is 10.0 Å². The Kier molecular flexibility index (Phi) is 5.16. The summed E-state index contributed by atoms with van der Waals surface area (Å²) in [6.07, 6.45) is 2.94. The fraction of sp³-hybridized carbons (Fsp3) is 0.600. The molecule has 2 fully saturated rings. The van der Waals surface area contributed by atoms with E-state index in [0.717, 1.165) is 38.4 Å². The van der Waals surface area contributed by atoms with E-state index >= 15 is 0 Å². The van der Waals surface area contributed by atoms with Crippen molar-refractivity contribution in [3.05, 3.63) is 29.6 Å². The molecule has 0 bridgehead atoms. The molecule has 2 aliphatic heterocycles. The van der Waals surface area contributed by atoms with Crippen molar-refractivity contribution >= 4 is 22.4 Å². The number of hydrogen-bond donors (Lipinski definition) is 1. The number of rotatable bonds is 2. The third kappa shape index (κ3) is 3.15. The molecule has 0 radical (unpaired) electrons. The Labute approximate surface area is 137 Å². The fourth-order valence-corrected chi connectivity index (χ4v) is 5.25. The smallest absolute Gasteiger partial charge is 0.243 e. The van der Waals surface area contributed by atoms with Crippen LogP contribution in [0.25, 0.3) is 0 Å². The van der Waals surface area contributed by atoms with E-state index in [2.05, 4.69) is 5.32 Å². The van der Waals surface area contributed by atoms with Crippen molar-refractivity contribution in [2.24, 2.45) is 5.41 Å². The summed E-state index contributed by atoms with van der Waals surface area (Å²) in [5.74, 6) is -0.505. The third-order valence-electron chi connectivity index (χ3n) is 4.84. The third-order valence-corrected chi connectivity index (χ3v) is 6.82. The standard InChI is InChI=1S/C15H21FN2O2S.ClH/c1-12-2-3-13(16)10-14(12)21(19,20)18-9-6-15(11-18)4-7-17-8-5-15;/h2-3,10,17H,4-9,11H2,1H3;1H. The van der Waals surface area contributed by atoms with E-state index in [4.69, 9.17) is 0 Å². The maximum Gasteiger partial charge on any atom is 0.243 e. The van der Waals surface area contributed by atoms with Gasteiger partial charge in [0, 0.05) is 13.1 Å². The van der Waals surface area contributed by atoms with Gasteiger partial charge in [-0.05, 0) is 62.4 Å². The molecule has 0 saturated carbocycles. The molecule has 22 heavy (non-hydrogen) atoms. The van der Waals surface area contributed by atoms with Gasteiger partial charge in [-0.3, -0.25) is 0 Å². The molecule has 4 nitrogen and oxygen atoms in total. The van der Waals surface area contributed by atoms with E-state index in [1.165, 1.54) is 12.1 Å². The number of nitrogens with one attached hydrogen (secondary N) is 1. The summed E-state index contributed by atoms with van der Waals surface area (Å²) in [4.78, 5) is 0.105. The van der Waals surface area contributed by atoms with Crippen molar-refractivity contribution in [1.29, 1.82) is 0 Å². The highest BCUT2D eigenvalue weighted by Gasteiger charge is 2.43. The van der Waals surface area contributed by atoms with Crippen molar-refractivity contribution in [1.82, 2.24) is 9.62 Å². The van der Waals surface area contributed by atoms with Gasteiger partial charge in [-0.15, -0.1) is 12.4 Å². The predicted octanol–water partition coefficient (Wildman–Crippen LogP) is 2.32. The van der Waals surface area contributed by atoms with Gasteiger partial charge >= 0.3 is 0 Å². The maximum atomic E-state index is 13.4. The van der Waals surface area contributed by atoms with Gasteiger partial charge in [-0.2, -0.15) is 4.31 Å².